The number of rotatable bonds is 4. The SMILES string of the molecule is CC(C)N(C)C(=O)C1CCN(C(=O)CN2CCNCC2)CC1. The predicted octanol–water partition coefficient (Wildman–Crippen LogP) is -0.00300. The summed E-state index contributed by atoms with van der Waals surface area (Å²) in [6.45, 7) is 9.83. The van der Waals surface area contributed by atoms with E-state index in [0.717, 1.165) is 39.0 Å². The third-order valence-electron chi connectivity index (χ3n) is 4.89. The highest BCUT2D eigenvalue weighted by atomic mass is 16.2. The number of carbonyl (C=O) groups is 2. The summed E-state index contributed by atoms with van der Waals surface area (Å²) in [5.74, 6) is 0.518. The van der Waals surface area contributed by atoms with Crippen molar-refractivity contribution in [2.75, 3.05) is 52.9 Å². The number of nitrogens with one attached hydrogen (secondary N) is 1. The summed E-state index contributed by atoms with van der Waals surface area (Å²) in [5.41, 5.74) is 0. The second kappa shape index (κ2) is 7.92. The van der Waals surface area contributed by atoms with Crippen LogP contribution in [-0.2, 0) is 9.59 Å². The maximum absolute atomic E-state index is 12.4. The largest absolute Gasteiger partial charge is 0.343 e. The van der Waals surface area contributed by atoms with E-state index in [9.17, 15) is 9.59 Å². The van der Waals surface area contributed by atoms with Crippen LogP contribution in [0.5, 0.6) is 0 Å². The first-order chi connectivity index (χ1) is 10.5. The fraction of sp³-hybridized carbons (Fsp3) is 0.875. The van der Waals surface area contributed by atoms with Crippen LogP contribution in [0, 0.1) is 5.92 Å². The summed E-state index contributed by atoms with van der Waals surface area (Å²) >= 11 is 0. The quantitative estimate of drug-likeness (QED) is 0.794. The number of amides is 2. The molecule has 0 unspecified atom stereocenters. The number of likely N-dealkylation sites (tertiary alicyclic amines) is 1. The van der Waals surface area contributed by atoms with Crippen molar-refractivity contribution in [3.05, 3.63) is 0 Å². The van der Waals surface area contributed by atoms with Crippen LogP contribution in [-0.4, -0.2) is 85.4 Å². The molecular weight excluding hydrogens is 280 g/mol. The molecule has 2 rings (SSSR count). The molecule has 2 fully saturated rings. The molecule has 0 radical (unpaired) electrons. The lowest BCUT2D eigenvalue weighted by Crippen LogP contribution is -2.50. The van der Waals surface area contributed by atoms with E-state index in [1.807, 2.05) is 30.7 Å². The van der Waals surface area contributed by atoms with Gasteiger partial charge < -0.3 is 15.1 Å². The molecule has 0 aliphatic carbocycles. The molecule has 2 heterocycles. The molecule has 0 aromatic carbocycles. The van der Waals surface area contributed by atoms with Gasteiger partial charge in [-0.25, -0.2) is 0 Å². The molecule has 0 bridgehead atoms. The van der Waals surface area contributed by atoms with E-state index in [-0.39, 0.29) is 23.8 Å². The van der Waals surface area contributed by atoms with E-state index in [2.05, 4.69) is 10.2 Å². The lowest BCUT2D eigenvalue weighted by Gasteiger charge is -2.35. The van der Waals surface area contributed by atoms with Crippen LogP contribution in [0.25, 0.3) is 0 Å². The number of piperidine rings is 1. The Morgan fingerprint density at radius 2 is 1.73 bits per heavy atom. The normalized spacial score (nSPS) is 21.2. The minimum atomic E-state index is 0.0793. The molecule has 2 aliphatic rings. The summed E-state index contributed by atoms with van der Waals surface area (Å²) in [6.07, 6.45) is 1.59. The van der Waals surface area contributed by atoms with E-state index < -0.39 is 0 Å². The monoisotopic (exact) mass is 310 g/mol. The Morgan fingerprint density at radius 1 is 1.14 bits per heavy atom. The summed E-state index contributed by atoms with van der Waals surface area (Å²) in [6, 6.07) is 0.236. The molecule has 126 valence electrons. The molecule has 0 aromatic heterocycles. The van der Waals surface area contributed by atoms with Gasteiger partial charge in [0.2, 0.25) is 11.8 Å². The first-order valence-electron chi connectivity index (χ1n) is 8.46. The molecule has 2 amide bonds. The molecule has 2 saturated heterocycles. The van der Waals surface area contributed by atoms with Crippen LogP contribution in [0.4, 0.5) is 0 Å². The van der Waals surface area contributed by atoms with Gasteiger partial charge >= 0.3 is 0 Å². The van der Waals surface area contributed by atoms with Crippen molar-refractivity contribution in [2.24, 2.45) is 5.92 Å². The molecule has 0 aromatic rings. The molecule has 22 heavy (non-hydrogen) atoms. The van der Waals surface area contributed by atoms with E-state index in [1.54, 1.807) is 0 Å². The summed E-state index contributed by atoms with van der Waals surface area (Å²) in [4.78, 5) is 30.7. The lowest BCUT2D eigenvalue weighted by molar-refractivity contribution is -0.141. The minimum Gasteiger partial charge on any atom is -0.343 e. The average molecular weight is 310 g/mol. The van der Waals surface area contributed by atoms with E-state index in [0.29, 0.717) is 19.6 Å². The maximum Gasteiger partial charge on any atom is 0.236 e. The van der Waals surface area contributed by atoms with E-state index >= 15 is 0 Å². The van der Waals surface area contributed by atoms with Gasteiger partial charge in [-0.2, -0.15) is 0 Å². The van der Waals surface area contributed by atoms with Crippen LogP contribution < -0.4 is 5.32 Å². The zero-order valence-electron chi connectivity index (χ0n) is 14.2. The van der Waals surface area contributed by atoms with Gasteiger partial charge in [-0.15, -0.1) is 0 Å². The molecular formula is C16H30N4O2. The van der Waals surface area contributed by atoms with Gasteiger partial charge in [0.15, 0.2) is 0 Å². The van der Waals surface area contributed by atoms with Gasteiger partial charge in [-0.3, -0.25) is 14.5 Å². The zero-order valence-corrected chi connectivity index (χ0v) is 14.2. The lowest BCUT2D eigenvalue weighted by atomic mass is 9.95. The number of carbonyl (C=O) groups excluding carboxylic acids is 2. The second-order valence-corrected chi connectivity index (χ2v) is 6.72. The second-order valence-electron chi connectivity index (χ2n) is 6.72. The standard InChI is InChI=1S/C16H30N4O2/c1-13(2)18(3)16(22)14-4-8-20(9-5-14)15(21)12-19-10-6-17-7-11-19/h13-14,17H,4-12H2,1-3H3. The average Bonchev–Trinajstić information content (AvgIpc) is 2.54. The molecule has 1 N–H and O–H groups in total. The van der Waals surface area contributed by atoms with Gasteiger partial charge in [-0.1, -0.05) is 0 Å². The fourth-order valence-electron chi connectivity index (χ4n) is 3.08. The summed E-state index contributed by atoms with van der Waals surface area (Å²) < 4.78 is 0. The van der Waals surface area contributed by atoms with Crippen molar-refractivity contribution in [3.8, 4) is 0 Å². The molecule has 0 spiro atoms. The third kappa shape index (κ3) is 4.43. The Bertz CT molecular complexity index is 386. The van der Waals surface area contributed by atoms with Gasteiger partial charge in [0.1, 0.15) is 0 Å². The highest BCUT2D eigenvalue weighted by molar-refractivity contribution is 5.81. The number of hydrogen-bond acceptors (Lipinski definition) is 4. The van der Waals surface area contributed by atoms with Crippen molar-refractivity contribution < 1.29 is 9.59 Å². The van der Waals surface area contributed by atoms with Crippen LogP contribution >= 0.6 is 0 Å². The molecule has 6 nitrogen and oxygen atoms in total. The van der Waals surface area contributed by atoms with Crippen molar-refractivity contribution in [1.82, 2.24) is 20.0 Å². The summed E-state index contributed by atoms with van der Waals surface area (Å²) in [5, 5.41) is 3.30. The van der Waals surface area contributed by atoms with E-state index in [4.69, 9.17) is 0 Å². The topological polar surface area (TPSA) is 55.9 Å². The number of piperazine rings is 1. The van der Waals surface area contributed by atoms with Crippen molar-refractivity contribution in [2.45, 2.75) is 32.7 Å². The number of hydrogen-bond donors (Lipinski definition) is 1. The maximum atomic E-state index is 12.4. The van der Waals surface area contributed by atoms with Crippen molar-refractivity contribution in [1.29, 1.82) is 0 Å². The predicted molar refractivity (Wildman–Crippen MR) is 86.5 cm³/mol. The molecule has 0 atom stereocenters. The van der Waals surface area contributed by atoms with E-state index in [1.165, 1.54) is 0 Å². The van der Waals surface area contributed by atoms with Crippen LogP contribution in [0.3, 0.4) is 0 Å². The Hall–Kier alpha value is -1.14. The highest BCUT2D eigenvalue weighted by Crippen LogP contribution is 2.20. The smallest absolute Gasteiger partial charge is 0.236 e. The number of nitrogens with zero attached hydrogens (tertiary/aromatic N) is 3. The third-order valence-corrected chi connectivity index (χ3v) is 4.89. The van der Waals surface area contributed by atoms with Crippen molar-refractivity contribution in [3.63, 3.8) is 0 Å². The molecule has 6 heteroatoms. The van der Waals surface area contributed by atoms with Gasteiger partial charge in [0.25, 0.3) is 0 Å². The first-order valence-corrected chi connectivity index (χ1v) is 8.46. The summed E-state index contributed by atoms with van der Waals surface area (Å²) in [7, 11) is 1.87. The highest BCUT2D eigenvalue weighted by Gasteiger charge is 2.30. The fourth-order valence-corrected chi connectivity index (χ4v) is 3.08. The van der Waals surface area contributed by atoms with Crippen LogP contribution in [0.1, 0.15) is 26.7 Å². The van der Waals surface area contributed by atoms with Crippen molar-refractivity contribution >= 4 is 11.8 Å². The van der Waals surface area contributed by atoms with Crippen LogP contribution in [0.15, 0.2) is 0 Å². The first kappa shape index (κ1) is 17.2. The Labute approximate surface area is 133 Å². The van der Waals surface area contributed by atoms with Gasteiger partial charge in [-0.05, 0) is 26.7 Å². The molecule has 2 aliphatic heterocycles. The Morgan fingerprint density at radius 3 is 2.27 bits per heavy atom. The van der Waals surface area contributed by atoms with Crippen LogP contribution in [0.2, 0.25) is 0 Å². The minimum absolute atomic E-state index is 0.0793. The van der Waals surface area contributed by atoms with Gasteiger partial charge in [0.05, 0.1) is 6.54 Å². The van der Waals surface area contributed by atoms with Gasteiger partial charge in [0, 0.05) is 58.3 Å². The Kier molecular flexibility index (Phi) is 6.20. The Balaban J connectivity index is 1.76. The molecule has 0 saturated carbocycles. The zero-order chi connectivity index (χ0) is 16.1.